The molecule has 0 radical (unpaired) electrons. The van der Waals surface area contributed by atoms with Crippen molar-refractivity contribution in [2.24, 2.45) is 0 Å². The minimum atomic E-state index is 0.853. The molecule has 1 saturated heterocycles. The largest absolute Gasteiger partial charge is 0.381 e. The number of hydrogen-bond acceptors (Lipinski definition) is 3. The van der Waals surface area contributed by atoms with Crippen molar-refractivity contribution in [3.63, 3.8) is 0 Å². The lowest BCUT2D eigenvalue weighted by Gasteiger charge is -2.28. The van der Waals surface area contributed by atoms with Gasteiger partial charge in [0.1, 0.15) is 0 Å². The zero-order valence-corrected chi connectivity index (χ0v) is 13.5. The number of ether oxygens (including phenoxy) is 1. The third-order valence-electron chi connectivity index (χ3n) is 3.84. The fourth-order valence-electron chi connectivity index (χ4n) is 2.53. The number of rotatable bonds is 10. The van der Waals surface area contributed by atoms with Gasteiger partial charge in [-0.05, 0) is 52.7 Å². The molecule has 1 aliphatic rings. The molecular formula is C17H32N2O. The van der Waals surface area contributed by atoms with Crippen LogP contribution >= 0.6 is 0 Å². The number of hydrogen-bond donors (Lipinski definition) is 0. The molecule has 0 saturated carbocycles. The Labute approximate surface area is 125 Å². The predicted molar refractivity (Wildman–Crippen MR) is 85.9 cm³/mol. The van der Waals surface area contributed by atoms with E-state index in [4.69, 9.17) is 4.74 Å². The van der Waals surface area contributed by atoms with Gasteiger partial charge in [-0.2, -0.15) is 0 Å². The summed E-state index contributed by atoms with van der Waals surface area (Å²) in [6.07, 6.45) is 7.36. The zero-order valence-electron chi connectivity index (χ0n) is 13.5. The zero-order chi connectivity index (χ0) is 14.5. The number of nitrogens with zero attached hydrogens (tertiary/aromatic N) is 2. The fraction of sp³-hybridized carbons (Fsp3) is 0.882. The lowest BCUT2D eigenvalue weighted by molar-refractivity contribution is 0.119. The molecule has 1 rings (SSSR count). The van der Waals surface area contributed by atoms with E-state index in [1.807, 2.05) is 6.92 Å². The molecule has 20 heavy (non-hydrogen) atoms. The summed E-state index contributed by atoms with van der Waals surface area (Å²) in [6.45, 7) is 9.79. The summed E-state index contributed by atoms with van der Waals surface area (Å²) in [7, 11) is 2.22. The molecule has 0 amide bonds. The van der Waals surface area contributed by atoms with E-state index in [-0.39, 0.29) is 0 Å². The highest BCUT2D eigenvalue weighted by atomic mass is 16.5. The van der Waals surface area contributed by atoms with E-state index in [0.717, 1.165) is 39.0 Å². The van der Waals surface area contributed by atoms with Crippen molar-refractivity contribution < 1.29 is 4.74 Å². The summed E-state index contributed by atoms with van der Waals surface area (Å²) in [6, 6.07) is 0. The number of likely N-dealkylation sites (N-methyl/N-ethyl adjacent to an activating group) is 1. The van der Waals surface area contributed by atoms with E-state index < -0.39 is 0 Å². The maximum atomic E-state index is 5.62. The molecule has 0 atom stereocenters. The Hall–Kier alpha value is -0.560. The van der Waals surface area contributed by atoms with E-state index >= 15 is 0 Å². The number of piperidine rings is 1. The van der Waals surface area contributed by atoms with Gasteiger partial charge < -0.3 is 14.5 Å². The van der Waals surface area contributed by atoms with Crippen molar-refractivity contribution in [3.05, 3.63) is 0 Å². The van der Waals surface area contributed by atoms with Crippen LogP contribution in [0.4, 0.5) is 0 Å². The Morgan fingerprint density at radius 3 is 2.55 bits per heavy atom. The van der Waals surface area contributed by atoms with E-state index in [1.54, 1.807) is 0 Å². The fourth-order valence-corrected chi connectivity index (χ4v) is 2.53. The molecule has 0 aromatic rings. The number of unbranched alkanes of at least 4 members (excludes halogenated alkanes) is 1. The first kappa shape index (κ1) is 17.5. The Kier molecular flexibility index (Phi) is 10.7. The third kappa shape index (κ3) is 9.36. The molecule has 0 aromatic carbocycles. The summed E-state index contributed by atoms with van der Waals surface area (Å²) in [5.74, 6) is 5.97. The molecule has 0 N–H and O–H groups in total. The van der Waals surface area contributed by atoms with Crippen LogP contribution in [0.2, 0.25) is 0 Å². The quantitative estimate of drug-likeness (QED) is 0.452. The van der Waals surface area contributed by atoms with E-state index in [9.17, 15) is 0 Å². The molecule has 3 heteroatoms. The molecule has 0 aliphatic carbocycles. The summed E-state index contributed by atoms with van der Waals surface area (Å²) in [5, 5.41) is 0. The second-order valence-electron chi connectivity index (χ2n) is 5.70. The van der Waals surface area contributed by atoms with E-state index in [0.29, 0.717) is 0 Å². The smallest absolute Gasteiger partial charge is 0.0478 e. The van der Waals surface area contributed by atoms with Crippen LogP contribution in [-0.2, 0) is 4.74 Å². The molecule has 0 bridgehead atoms. The number of likely N-dealkylation sites (tertiary alicyclic amines) is 1. The average Bonchev–Trinajstić information content (AvgIpc) is 2.49. The van der Waals surface area contributed by atoms with Gasteiger partial charge in [-0.3, -0.25) is 0 Å². The average molecular weight is 280 g/mol. The molecule has 1 heterocycles. The maximum absolute atomic E-state index is 5.62. The normalized spacial score (nSPS) is 16.1. The van der Waals surface area contributed by atoms with Crippen molar-refractivity contribution in [2.75, 3.05) is 53.0 Å². The summed E-state index contributed by atoms with van der Waals surface area (Å²) in [5.41, 5.74) is 0. The Morgan fingerprint density at radius 1 is 1.05 bits per heavy atom. The van der Waals surface area contributed by atoms with Crippen molar-refractivity contribution in [1.82, 2.24) is 9.80 Å². The van der Waals surface area contributed by atoms with Gasteiger partial charge >= 0.3 is 0 Å². The lowest BCUT2D eigenvalue weighted by atomic mass is 10.1. The van der Waals surface area contributed by atoms with Crippen molar-refractivity contribution >= 4 is 0 Å². The van der Waals surface area contributed by atoms with Crippen molar-refractivity contribution in [2.45, 2.75) is 45.4 Å². The molecule has 1 aliphatic heterocycles. The molecule has 3 nitrogen and oxygen atoms in total. The van der Waals surface area contributed by atoms with Crippen LogP contribution in [0.5, 0.6) is 0 Å². The van der Waals surface area contributed by atoms with Crippen LogP contribution < -0.4 is 0 Å². The standard InChI is InChI=1S/C17H32N2O/c1-3-4-5-9-16-20-17-10-11-18(2)14-15-19-12-7-6-8-13-19/h5-17H2,1-2H3. The molecule has 1 fully saturated rings. The van der Waals surface area contributed by atoms with Crippen molar-refractivity contribution in [1.29, 1.82) is 0 Å². The van der Waals surface area contributed by atoms with Gasteiger partial charge in [-0.1, -0.05) is 6.42 Å². The second-order valence-corrected chi connectivity index (χ2v) is 5.70. The summed E-state index contributed by atoms with van der Waals surface area (Å²) < 4.78 is 5.62. The molecule has 116 valence electrons. The highest BCUT2D eigenvalue weighted by Gasteiger charge is 2.10. The Balaban J connectivity index is 1.86. The van der Waals surface area contributed by atoms with Crippen LogP contribution in [0, 0.1) is 11.8 Å². The van der Waals surface area contributed by atoms with Gasteiger partial charge in [0.2, 0.25) is 0 Å². The van der Waals surface area contributed by atoms with Gasteiger partial charge in [0.15, 0.2) is 0 Å². The first-order chi connectivity index (χ1) is 9.83. The highest BCUT2D eigenvalue weighted by molar-refractivity contribution is 4.94. The summed E-state index contributed by atoms with van der Waals surface area (Å²) >= 11 is 0. The summed E-state index contributed by atoms with van der Waals surface area (Å²) in [4.78, 5) is 5.03. The highest BCUT2D eigenvalue weighted by Crippen LogP contribution is 2.07. The monoisotopic (exact) mass is 280 g/mol. The Morgan fingerprint density at radius 2 is 1.80 bits per heavy atom. The van der Waals surface area contributed by atoms with Gasteiger partial charge in [-0.15, -0.1) is 11.8 Å². The van der Waals surface area contributed by atoms with Gasteiger partial charge in [0.05, 0.1) is 0 Å². The molecule has 0 aromatic heterocycles. The third-order valence-corrected chi connectivity index (χ3v) is 3.84. The van der Waals surface area contributed by atoms with Gasteiger partial charge in [0.25, 0.3) is 0 Å². The van der Waals surface area contributed by atoms with Crippen LogP contribution in [-0.4, -0.2) is 62.8 Å². The van der Waals surface area contributed by atoms with Crippen LogP contribution in [0.25, 0.3) is 0 Å². The van der Waals surface area contributed by atoms with Crippen LogP contribution in [0.1, 0.15) is 45.4 Å². The van der Waals surface area contributed by atoms with E-state index in [1.165, 1.54) is 45.4 Å². The topological polar surface area (TPSA) is 15.7 Å². The molecule has 0 spiro atoms. The first-order valence-corrected chi connectivity index (χ1v) is 8.21. The van der Waals surface area contributed by atoms with E-state index in [2.05, 4.69) is 28.7 Å². The molecule has 0 unspecified atom stereocenters. The lowest BCUT2D eigenvalue weighted by Crippen LogP contribution is -2.37. The van der Waals surface area contributed by atoms with Crippen LogP contribution in [0.15, 0.2) is 0 Å². The minimum Gasteiger partial charge on any atom is -0.381 e. The molecular weight excluding hydrogens is 248 g/mol. The van der Waals surface area contributed by atoms with Gasteiger partial charge in [0, 0.05) is 39.3 Å². The Bertz CT molecular complexity index is 276. The van der Waals surface area contributed by atoms with Gasteiger partial charge in [-0.25, -0.2) is 0 Å². The SMILES string of the molecule is CC#CCCCOCCCN(C)CCN1CCCCC1. The second kappa shape index (κ2) is 12.2. The van der Waals surface area contributed by atoms with Crippen LogP contribution in [0.3, 0.4) is 0 Å². The predicted octanol–water partition coefficient (Wildman–Crippen LogP) is 2.61. The van der Waals surface area contributed by atoms with Crippen molar-refractivity contribution in [3.8, 4) is 11.8 Å². The first-order valence-electron chi connectivity index (χ1n) is 8.21. The minimum absolute atomic E-state index is 0.853. The maximum Gasteiger partial charge on any atom is 0.0478 e.